The van der Waals surface area contributed by atoms with Gasteiger partial charge in [-0.3, -0.25) is 4.79 Å². The number of hydrogen-bond donors (Lipinski definition) is 2. The van der Waals surface area contributed by atoms with E-state index in [0.717, 1.165) is 5.69 Å². The Bertz CT molecular complexity index is 593. The Balaban J connectivity index is 2.04. The van der Waals surface area contributed by atoms with Gasteiger partial charge >= 0.3 is 0 Å². The standard InChI is InChI=1S/C17H20N2OS/c1-12(13-6-10-16(21-3)11-7-13)19-15-8-4-14(5-9-15)17(20)18-2/h4-12,19H,1-3H3,(H,18,20). The second-order valence-electron chi connectivity index (χ2n) is 4.80. The molecule has 0 aliphatic rings. The van der Waals surface area contributed by atoms with Crippen molar-refractivity contribution in [3.63, 3.8) is 0 Å². The van der Waals surface area contributed by atoms with Crippen molar-refractivity contribution in [2.45, 2.75) is 17.9 Å². The molecule has 3 nitrogen and oxygen atoms in total. The van der Waals surface area contributed by atoms with E-state index in [9.17, 15) is 4.79 Å². The summed E-state index contributed by atoms with van der Waals surface area (Å²) in [7, 11) is 1.63. The molecule has 0 saturated carbocycles. The van der Waals surface area contributed by atoms with E-state index in [1.54, 1.807) is 18.8 Å². The minimum atomic E-state index is -0.0674. The van der Waals surface area contributed by atoms with Crippen LogP contribution in [0.1, 0.15) is 28.9 Å². The van der Waals surface area contributed by atoms with Crippen molar-refractivity contribution in [2.24, 2.45) is 0 Å². The Morgan fingerprint density at radius 3 is 2.19 bits per heavy atom. The quantitative estimate of drug-likeness (QED) is 0.822. The average molecular weight is 300 g/mol. The molecule has 1 unspecified atom stereocenters. The van der Waals surface area contributed by atoms with Gasteiger partial charge in [0, 0.05) is 29.2 Å². The van der Waals surface area contributed by atoms with E-state index in [-0.39, 0.29) is 11.9 Å². The Hall–Kier alpha value is -1.94. The second kappa shape index (κ2) is 7.18. The molecule has 0 spiro atoms. The van der Waals surface area contributed by atoms with Crippen LogP contribution in [-0.4, -0.2) is 19.2 Å². The minimum Gasteiger partial charge on any atom is -0.379 e. The van der Waals surface area contributed by atoms with Gasteiger partial charge < -0.3 is 10.6 Å². The highest BCUT2D eigenvalue weighted by molar-refractivity contribution is 7.98. The van der Waals surface area contributed by atoms with E-state index in [1.807, 2.05) is 24.3 Å². The number of benzene rings is 2. The van der Waals surface area contributed by atoms with Gasteiger partial charge in [0.05, 0.1) is 0 Å². The smallest absolute Gasteiger partial charge is 0.251 e. The van der Waals surface area contributed by atoms with Crippen LogP contribution in [0.5, 0.6) is 0 Å². The van der Waals surface area contributed by atoms with Crippen LogP contribution in [0.4, 0.5) is 5.69 Å². The molecule has 0 bridgehead atoms. The number of hydrogen-bond acceptors (Lipinski definition) is 3. The molecule has 110 valence electrons. The van der Waals surface area contributed by atoms with Gasteiger partial charge in [-0.15, -0.1) is 11.8 Å². The van der Waals surface area contributed by atoms with Gasteiger partial charge in [-0.2, -0.15) is 0 Å². The first-order valence-corrected chi connectivity index (χ1v) is 8.09. The largest absolute Gasteiger partial charge is 0.379 e. The number of carbonyl (C=O) groups is 1. The highest BCUT2D eigenvalue weighted by atomic mass is 32.2. The number of thioether (sulfide) groups is 1. The summed E-state index contributed by atoms with van der Waals surface area (Å²) in [5.74, 6) is -0.0674. The zero-order chi connectivity index (χ0) is 15.2. The number of rotatable bonds is 5. The zero-order valence-corrected chi connectivity index (χ0v) is 13.3. The van der Waals surface area contributed by atoms with Crippen LogP contribution in [-0.2, 0) is 0 Å². The summed E-state index contributed by atoms with van der Waals surface area (Å²) in [5.41, 5.74) is 2.91. The molecule has 2 aromatic carbocycles. The molecule has 2 aromatic rings. The van der Waals surface area contributed by atoms with Gasteiger partial charge in [-0.1, -0.05) is 12.1 Å². The summed E-state index contributed by atoms with van der Waals surface area (Å²) in [5, 5.41) is 6.06. The highest BCUT2D eigenvalue weighted by Gasteiger charge is 2.06. The Labute approximate surface area is 130 Å². The van der Waals surface area contributed by atoms with Crippen molar-refractivity contribution in [3.05, 3.63) is 59.7 Å². The van der Waals surface area contributed by atoms with E-state index in [2.05, 4.69) is 48.1 Å². The van der Waals surface area contributed by atoms with Gasteiger partial charge in [0.2, 0.25) is 0 Å². The van der Waals surface area contributed by atoms with Crippen molar-refractivity contribution >= 4 is 23.4 Å². The minimum absolute atomic E-state index is 0.0674. The summed E-state index contributed by atoms with van der Waals surface area (Å²) in [6, 6.07) is 16.3. The molecule has 2 rings (SSSR count). The van der Waals surface area contributed by atoms with Gasteiger partial charge in [-0.05, 0) is 55.1 Å². The molecule has 0 saturated heterocycles. The first-order valence-electron chi connectivity index (χ1n) is 6.86. The van der Waals surface area contributed by atoms with E-state index in [1.165, 1.54) is 10.5 Å². The third-order valence-corrected chi connectivity index (χ3v) is 4.12. The molecular formula is C17H20N2OS. The maximum Gasteiger partial charge on any atom is 0.251 e. The first kappa shape index (κ1) is 15.4. The fraction of sp³-hybridized carbons (Fsp3) is 0.235. The summed E-state index contributed by atoms with van der Waals surface area (Å²) in [4.78, 5) is 12.8. The van der Waals surface area contributed by atoms with Crippen LogP contribution in [0.15, 0.2) is 53.4 Å². The van der Waals surface area contributed by atoms with Gasteiger partial charge in [0.15, 0.2) is 0 Å². The van der Waals surface area contributed by atoms with Crippen LogP contribution in [0, 0.1) is 0 Å². The fourth-order valence-corrected chi connectivity index (χ4v) is 2.50. The Morgan fingerprint density at radius 1 is 1.05 bits per heavy atom. The van der Waals surface area contributed by atoms with Crippen molar-refractivity contribution in [1.29, 1.82) is 0 Å². The zero-order valence-electron chi connectivity index (χ0n) is 12.5. The molecule has 0 aliphatic heterocycles. The summed E-state index contributed by atoms with van der Waals surface area (Å²) in [6.45, 7) is 2.13. The molecule has 0 radical (unpaired) electrons. The van der Waals surface area contributed by atoms with Crippen LogP contribution in [0.2, 0.25) is 0 Å². The normalized spacial score (nSPS) is 11.8. The van der Waals surface area contributed by atoms with Gasteiger partial charge in [0.1, 0.15) is 0 Å². The van der Waals surface area contributed by atoms with E-state index < -0.39 is 0 Å². The van der Waals surface area contributed by atoms with Crippen molar-refractivity contribution in [2.75, 3.05) is 18.6 Å². The van der Waals surface area contributed by atoms with Crippen LogP contribution >= 0.6 is 11.8 Å². The van der Waals surface area contributed by atoms with Crippen LogP contribution in [0.3, 0.4) is 0 Å². The van der Waals surface area contributed by atoms with E-state index in [0.29, 0.717) is 5.56 Å². The lowest BCUT2D eigenvalue weighted by molar-refractivity contribution is 0.0963. The molecule has 1 atom stereocenters. The van der Waals surface area contributed by atoms with Crippen molar-refractivity contribution < 1.29 is 4.79 Å². The van der Waals surface area contributed by atoms with Crippen LogP contribution < -0.4 is 10.6 Å². The molecule has 0 aliphatic carbocycles. The predicted molar refractivity (Wildman–Crippen MR) is 90.1 cm³/mol. The summed E-state index contributed by atoms with van der Waals surface area (Å²) >= 11 is 1.74. The topological polar surface area (TPSA) is 41.1 Å². The Morgan fingerprint density at radius 2 is 1.67 bits per heavy atom. The summed E-state index contributed by atoms with van der Waals surface area (Å²) in [6.07, 6.45) is 2.07. The van der Waals surface area contributed by atoms with E-state index in [4.69, 9.17) is 0 Å². The van der Waals surface area contributed by atoms with Gasteiger partial charge in [0.25, 0.3) is 5.91 Å². The number of anilines is 1. The lowest BCUT2D eigenvalue weighted by atomic mass is 10.1. The SMILES string of the molecule is CNC(=O)c1ccc(NC(C)c2ccc(SC)cc2)cc1. The first-order chi connectivity index (χ1) is 10.1. The third kappa shape index (κ3) is 4.02. The lowest BCUT2D eigenvalue weighted by Gasteiger charge is -2.16. The maximum atomic E-state index is 11.5. The molecule has 2 N–H and O–H groups in total. The molecule has 21 heavy (non-hydrogen) atoms. The highest BCUT2D eigenvalue weighted by Crippen LogP contribution is 2.22. The molecule has 1 amide bonds. The molecule has 4 heteroatoms. The maximum absolute atomic E-state index is 11.5. The predicted octanol–water partition coefficient (Wildman–Crippen LogP) is 3.94. The summed E-state index contributed by atoms with van der Waals surface area (Å²) < 4.78 is 0. The van der Waals surface area contributed by atoms with Crippen molar-refractivity contribution in [1.82, 2.24) is 5.32 Å². The van der Waals surface area contributed by atoms with Crippen molar-refractivity contribution in [3.8, 4) is 0 Å². The van der Waals surface area contributed by atoms with Crippen LogP contribution in [0.25, 0.3) is 0 Å². The molecule has 0 aromatic heterocycles. The number of carbonyl (C=O) groups excluding carboxylic acids is 1. The van der Waals surface area contributed by atoms with Gasteiger partial charge in [-0.25, -0.2) is 0 Å². The monoisotopic (exact) mass is 300 g/mol. The number of amides is 1. The molecular weight excluding hydrogens is 280 g/mol. The lowest BCUT2D eigenvalue weighted by Crippen LogP contribution is -2.17. The van der Waals surface area contributed by atoms with E-state index >= 15 is 0 Å². The second-order valence-corrected chi connectivity index (χ2v) is 5.68. The average Bonchev–Trinajstić information content (AvgIpc) is 2.55. The molecule has 0 heterocycles. The third-order valence-electron chi connectivity index (χ3n) is 3.37. The Kier molecular flexibility index (Phi) is 5.28. The fourth-order valence-electron chi connectivity index (χ4n) is 2.09. The molecule has 0 fully saturated rings. The number of nitrogens with one attached hydrogen (secondary N) is 2.